The number of nitrogens with zero attached hydrogens (tertiary/aromatic N) is 5. The summed E-state index contributed by atoms with van der Waals surface area (Å²) in [5, 5.41) is 0.270. The number of para-hydroxylation sites is 1. The van der Waals surface area contributed by atoms with E-state index in [0.29, 0.717) is 34.5 Å². The summed E-state index contributed by atoms with van der Waals surface area (Å²) in [6.45, 7) is 0.749. The Bertz CT molecular complexity index is 2010. The number of hydrogen-bond donors (Lipinski definition) is 1. The SMILES string of the molecule is CC(c1c[nH]c2ccccc12)C(C(=O)N1C[C@@H](CN(C)C)Cc2cc(Cl)ccc21)N(OC(=O)C(F)(F)F)C(=O)N(Cc1ccncc1)OC(=O)C(F)(F)F. The number of urea groups is 1. The van der Waals surface area contributed by atoms with E-state index in [0.717, 1.165) is 0 Å². The van der Waals surface area contributed by atoms with Crippen LogP contribution in [0.5, 0.6) is 0 Å². The minimum atomic E-state index is -5.76. The van der Waals surface area contributed by atoms with Crippen LogP contribution < -0.4 is 4.90 Å². The van der Waals surface area contributed by atoms with Crippen LogP contribution in [0.25, 0.3) is 10.9 Å². The number of anilines is 1. The van der Waals surface area contributed by atoms with E-state index in [1.807, 2.05) is 4.90 Å². The molecular weight excluding hydrogens is 750 g/mol. The van der Waals surface area contributed by atoms with E-state index in [2.05, 4.69) is 19.6 Å². The molecule has 2 aromatic carbocycles. The Morgan fingerprint density at radius 1 is 0.963 bits per heavy atom. The van der Waals surface area contributed by atoms with Crippen molar-refractivity contribution in [1.82, 2.24) is 25.0 Å². The van der Waals surface area contributed by atoms with Gasteiger partial charge in [-0.3, -0.25) is 9.78 Å². The maximum atomic E-state index is 15.1. The lowest BCUT2D eigenvalue weighted by Gasteiger charge is -2.41. The van der Waals surface area contributed by atoms with Gasteiger partial charge in [0.05, 0.1) is 6.54 Å². The number of aromatic nitrogens is 2. The largest absolute Gasteiger partial charge is 0.493 e. The number of amides is 3. The van der Waals surface area contributed by atoms with Crippen molar-refractivity contribution in [1.29, 1.82) is 0 Å². The number of aromatic amines is 1. The second kappa shape index (κ2) is 15.9. The zero-order valence-corrected chi connectivity index (χ0v) is 29.6. The molecule has 3 heterocycles. The topological polar surface area (TPSA) is 128 Å². The molecule has 1 N–H and O–H groups in total. The molecule has 1 aliphatic heterocycles. The summed E-state index contributed by atoms with van der Waals surface area (Å²) >= 11 is 6.30. The van der Waals surface area contributed by atoms with Gasteiger partial charge in [-0.25, -0.2) is 14.4 Å². The molecule has 2 unspecified atom stereocenters. The summed E-state index contributed by atoms with van der Waals surface area (Å²) in [6.07, 6.45) is -7.22. The Kier molecular flexibility index (Phi) is 11.8. The summed E-state index contributed by atoms with van der Waals surface area (Å²) in [7, 11) is 3.58. The van der Waals surface area contributed by atoms with E-state index in [-0.39, 0.29) is 39.4 Å². The van der Waals surface area contributed by atoms with Crippen molar-refractivity contribution in [2.24, 2.45) is 5.92 Å². The first kappa shape index (κ1) is 39.8. The highest BCUT2D eigenvalue weighted by molar-refractivity contribution is 6.30. The molecule has 0 bridgehead atoms. The predicted molar refractivity (Wildman–Crippen MR) is 181 cm³/mol. The van der Waals surface area contributed by atoms with E-state index in [4.69, 9.17) is 11.6 Å². The monoisotopic (exact) mass is 782 g/mol. The van der Waals surface area contributed by atoms with Gasteiger partial charge in [-0.05, 0) is 79.5 Å². The molecule has 54 heavy (non-hydrogen) atoms. The Balaban J connectivity index is 1.71. The molecule has 2 aromatic heterocycles. The van der Waals surface area contributed by atoms with Crippen LogP contribution in [0.3, 0.4) is 0 Å². The molecule has 0 radical (unpaired) electrons. The first-order chi connectivity index (χ1) is 25.3. The molecule has 12 nitrogen and oxygen atoms in total. The van der Waals surface area contributed by atoms with Gasteiger partial charge in [0, 0.05) is 59.2 Å². The van der Waals surface area contributed by atoms with Gasteiger partial charge in [0.2, 0.25) is 0 Å². The van der Waals surface area contributed by atoms with Crippen molar-refractivity contribution in [2.75, 3.05) is 32.1 Å². The van der Waals surface area contributed by atoms with Crippen LogP contribution in [0, 0.1) is 5.92 Å². The standard InChI is InChI=1S/C35H33ClF6N6O6/c1-20(26-16-44-27-7-5-4-6-25(26)27)29(30(49)46-18-22(17-45(2)3)14-23-15-24(36)8-9-28(23)46)48(54-32(51)35(40,41)42)33(52)47(53-31(50)34(37,38)39)19-21-10-12-43-13-11-21/h4-13,15-16,20,22,29,44H,14,17-19H2,1-3H3/t20?,22-,29?/m1/s1. The molecular formula is C35H33ClF6N6O6. The van der Waals surface area contributed by atoms with E-state index in [1.165, 1.54) is 54.7 Å². The number of H-pyrrole nitrogens is 1. The van der Waals surface area contributed by atoms with Crippen molar-refractivity contribution in [3.63, 3.8) is 0 Å². The minimum absolute atomic E-state index is 0.00339. The van der Waals surface area contributed by atoms with Gasteiger partial charge >= 0.3 is 30.3 Å². The number of carbonyl (C=O) groups excluding carboxylic acids is 4. The minimum Gasteiger partial charge on any atom is -0.361 e. The van der Waals surface area contributed by atoms with Crippen LogP contribution in [-0.4, -0.2) is 94.5 Å². The van der Waals surface area contributed by atoms with E-state index in [1.54, 1.807) is 44.4 Å². The summed E-state index contributed by atoms with van der Waals surface area (Å²) in [6, 6.07) is 9.41. The molecule has 19 heteroatoms. The van der Waals surface area contributed by atoms with Crippen molar-refractivity contribution in [3.05, 3.63) is 94.9 Å². The maximum absolute atomic E-state index is 15.1. The molecule has 0 spiro atoms. The van der Waals surface area contributed by atoms with Gasteiger partial charge in [-0.15, -0.1) is 10.1 Å². The Morgan fingerprint density at radius 3 is 2.26 bits per heavy atom. The number of hydrogen-bond acceptors (Lipinski definition) is 8. The molecule has 0 saturated heterocycles. The lowest BCUT2D eigenvalue weighted by Crippen LogP contribution is -2.59. The predicted octanol–water partition coefficient (Wildman–Crippen LogP) is 6.42. The average Bonchev–Trinajstić information content (AvgIpc) is 3.53. The number of benzene rings is 2. The van der Waals surface area contributed by atoms with Gasteiger partial charge in [0.25, 0.3) is 5.91 Å². The first-order valence-electron chi connectivity index (χ1n) is 16.2. The van der Waals surface area contributed by atoms with Crippen LogP contribution in [0.4, 0.5) is 36.8 Å². The lowest BCUT2D eigenvalue weighted by molar-refractivity contribution is -0.250. The van der Waals surface area contributed by atoms with Gasteiger partial charge in [-0.1, -0.05) is 36.7 Å². The average molecular weight is 783 g/mol. The number of alkyl halides is 6. The van der Waals surface area contributed by atoms with Crippen molar-refractivity contribution >= 4 is 52.1 Å². The first-order valence-corrected chi connectivity index (χ1v) is 16.6. The number of nitrogens with one attached hydrogen (secondary N) is 1. The molecule has 0 aliphatic carbocycles. The van der Waals surface area contributed by atoms with Crippen LogP contribution in [-0.2, 0) is 37.0 Å². The molecule has 0 fully saturated rings. The number of hydroxylamine groups is 4. The zero-order chi connectivity index (χ0) is 39.5. The second-order valence-corrected chi connectivity index (χ2v) is 13.3. The number of pyridine rings is 1. The molecule has 5 rings (SSSR count). The summed E-state index contributed by atoms with van der Waals surface area (Å²) in [5.41, 5.74) is 1.64. The summed E-state index contributed by atoms with van der Waals surface area (Å²) in [4.78, 5) is 73.0. The summed E-state index contributed by atoms with van der Waals surface area (Å²) in [5.74, 6) is -8.61. The Morgan fingerprint density at radius 2 is 1.61 bits per heavy atom. The molecule has 4 aromatic rings. The van der Waals surface area contributed by atoms with E-state index >= 15 is 4.79 Å². The third kappa shape index (κ3) is 9.04. The molecule has 1 aliphatic rings. The van der Waals surface area contributed by atoms with Crippen LogP contribution in [0.2, 0.25) is 5.02 Å². The molecule has 3 atom stereocenters. The number of fused-ring (bicyclic) bond motifs is 2. The smallest absolute Gasteiger partial charge is 0.361 e. The number of carbonyl (C=O) groups is 4. The maximum Gasteiger partial charge on any atom is 0.493 e. The lowest BCUT2D eigenvalue weighted by atomic mass is 9.88. The van der Waals surface area contributed by atoms with Gasteiger partial charge in [-0.2, -0.15) is 26.3 Å². The van der Waals surface area contributed by atoms with E-state index < -0.39 is 54.7 Å². The molecule has 3 amide bonds. The fourth-order valence-electron chi connectivity index (χ4n) is 6.29. The third-order valence-corrected chi connectivity index (χ3v) is 8.81. The quantitative estimate of drug-likeness (QED) is 0.160. The second-order valence-electron chi connectivity index (χ2n) is 12.8. The van der Waals surface area contributed by atoms with Crippen LogP contribution in [0.15, 0.2) is 73.2 Å². The van der Waals surface area contributed by atoms with Gasteiger partial charge in [0.15, 0.2) is 6.04 Å². The van der Waals surface area contributed by atoms with Gasteiger partial charge < -0.3 is 24.5 Å². The highest BCUT2D eigenvalue weighted by Crippen LogP contribution is 2.37. The fourth-order valence-corrected chi connectivity index (χ4v) is 6.48. The Labute approximate surface area is 309 Å². The van der Waals surface area contributed by atoms with Crippen molar-refractivity contribution < 1.29 is 55.2 Å². The number of rotatable bonds is 8. The highest BCUT2D eigenvalue weighted by Gasteiger charge is 2.51. The zero-order valence-electron chi connectivity index (χ0n) is 28.8. The van der Waals surface area contributed by atoms with Crippen molar-refractivity contribution in [2.45, 2.75) is 44.2 Å². The highest BCUT2D eigenvalue weighted by atomic mass is 35.5. The summed E-state index contributed by atoms with van der Waals surface area (Å²) < 4.78 is 82.3. The van der Waals surface area contributed by atoms with Crippen molar-refractivity contribution in [3.8, 4) is 0 Å². The van der Waals surface area contributed by atoms with Crippen LogP contribution in [0.1, 0.15) is 29.5 Å². The molecule has 0 saturated carbocycles. The van der Waals surface area contributed by atoms with Gasteiger partial charge in [0.1, 0.15) is 0 Å². The van der Waals surface area contributed by atoms with E-state index in [9.17, 15) is 40.7 Å². The third-order valence-electron chi connectivity index (χ3n) is 8.58. The Hall–Kier alpha value is -5.36. The normalized spacial score (nSPS) is 15.7. The number of halogens is 7. The van der Waals surface area contributed by atoms with Crippen LogP contribution >= 0.6 is 11.6 Å². The fraction of sp³-hybridized carbons (Fsp3) is 0.343. The molecule has 288 valence electrons.